The zero-order chi connectivity index (χ0) is 10.7. The lowest BCUT2D eigenvalue weighted by atomic mass is 9.95. The number of hydrogen-bond donors (Lipinski definition) is 2. The molecule has 4 nitrogen and oxygen atoms in total. The molecule has 82 valence electrons. The summed E-state index contributed by atoms with van der Waals surface area (Å²) in [5, 5.41) is 9.35. The molecule has 1 aliphatic rings. The van der Waals surface area contributed by atoms with E-state index >= 15 is 0 Å². The van der Waals surface area contributed by atoms with Crippen molar-refractivity contribution in [2.24, 2.45) is 0 Å². The van der Waals surface area contributed by atoms with E-state index in [0.717, 1.165) is 25.7 Å². The second kappa shape index (κ2) is 4.49. The zero-order valence-corrected chi connectivity index (χ0v) is 8.60. The van der Waals surface area contributed by atoms with Crippen molar-refractivity contribution in [2.75, 3.05) is 5.73 Å². The van der Waals surface area contributed by atoms with Crippen molar-refractivity contribution in [3.8, 4) is 5.88 Å². The monoisotopic (exact) mass is 208 g/mol. The SMILES string of the molecule is Nc1cccnc1OC1CCC(O)CC1. The van der Waals surface area contributed by atoms with Crippen LogP contribution in [-0.4, -0.2) is 22.3 Å². The van der Waals surface area contributed by atoms with E-state index in [0.29, 0.717) is 11.6 Å². The Kier molecular flexibility index (Phi) is 3.06. The van der Waals surface area contributed by atoms with E-state index in [2.05, 4.69) is 4.98 Å². The number of ether oxygens (including phenoxy) is 1. The van der Waals surface area contributed by atoms with Crippen molar-refractivity contribution in [1.82, 2.24) is 4.98 Å². The van der Waals surface area contributed by atoms with Gasteiger partial charge in [0, 0.05) is 6.20 Å². The number of rotatable bonds is 2. The summed E-state index contributed by atoms with van der Waals surface area (Å²) < 4.78 is 5.69. The molecule has 0 aromatic carbocycles. The van der Waals surface area contributed by atoms with Gasteiger partial charge in [0.1, 0.15) is 6.10 Å². The highest BCUT2D eigenvalue weighted by molar-refractivity contribution is 5.46. The Balaban J connectivity index is 1.95. The fourth-order valence-corrected chi connectivity index (χ4v) is 1.82. The van der Waals surface area contributed by atoms with Crippen LogP contribution in [-0.2, 0) is 0 Å². The van der Waals surface area contributed by atoms with Gasteiger partial charge in [-0.2, -0.15) is 0 Å². The van der Waals surface area contributed by atoms with Crippen LogP contribution >= 0.6 is 0 Å². The summed E-state index contributed by atoms with van der Waals surface area (Å²) in [6.07, 6.45) is 5.00. The number of aliphatic hydroxyl groups is 1. The molecule has 0 atom stereocenters. The van der Waals surface area contributed by atoms with E-state index in [9.17, 15) is 5.11 Å². The van der Waals surface area contributed by atoms with Gasteiger partial charge in [-0.15, -0.1) is 0 Å². The van der Waals surface area contributed by atoms with Crippen molar-refractivity contribution in [2.45, 2.75) is 37.9 Å². The van der Waals surface area contributed by atoms with E-state index in [-0.39, 0.29) is 12.2 Å². The maximum atomic E-state index is 9.35. The van der Waals surface area contributed by atoms with Crippen LogP contribution in [0, 0.1) is 0 Å². The van der Waals surface area contributed by atoms with Gasteiger partial charge in [-0.05, 0) is 37.8 Å². The Morgan fingerprint density at radius 2 is 2.07 bits per heavy atom. The van der Waals surface area contributed by atoms with Gasteiger partial charge < -0.3 is 15.6 Å². The Labute approximate surface area is 89.1 Å². The molecule has 0 aliphatic heterocycles. The van der Waals surface area contributed by atoms with Crippen LogP contribution in [0.3, 0.4) is 0 Å². The number of aliphatic hydroxyl groups excluding tert-OH is 1. The normalized spacial score (nSPS) is 26.2. The number of nitrogens with zero attached hydrogens (tertiary/aromatic N) is 1. The van der Waals surface area contributed by atoms with E-state index < -0.39 is 0 Å². The van der Waals surface area contributed by atoms with Gasteiger partial charge in [-0.25, -0.2) is 4.98 Å². The maximum Gasteiger partial charge on any atom is 0.237 e. The third kappa shape index (κ3) is 2.59. The molecule has 1 aromatic rings. The van der Waals surface area contributed by atoms with Gasteiger partial charge in [0.15, 0.2) is 0 Å². The fraction of sp³-hybridized carbons (Fsp3) is 0.545. The maximum absolute atomic E-state index is 9.35. The highest BCUT2D eigenvalue weighted by Gasteiger charge is 2.21. The summed E-state index contributed by atoms with van der Waals surface area (Å²) in [5.41, 5.74) is 6.30. The molecular weight excluding hydrogens is 192 g/mol. The summed E-state index contributed by atoms with van der Waals surface area (Å²) in [5.74, 6) is 0.513. The van der Waals surface area contributed by atoms with Crippen LogP contribution in [0.15, 0.2) is 18.3 Å². The highest BCUT2D eigenvalue weighted by Crippen LogP contribution is 2.25. The first-order chi connectivity index (χ1) is 7.25. The zero-order valence-electron chi connectivity index (χ0n) is 8.60. The first-order valence-electron chi connectivity index (χ1n) is 5.31. The second-order valence-electron chi connectivity index (χ2n) is 3.95. The smallest absolute Gasteiger partial charge is 0.237 e. The second-order valence-corrected chi connectivity index (χ2v) is 3.95. The molecule has 0 amide bonds. The topological polar surface area (TPSA) is 68.4 Å². The predicted octanol–water partition coefficient (Wildman–Crippen LogP) is 1.35. The van der Waals surface area contributed by atoms with Crippen LogP contribution < -0.4 is 10.5 Å². The minimum atomic E-state index is -0.161. The Bertz CT molecular complexity index is 322. The summed E-state index contributed by atoms with van der Waals surface area (Å²) in [6.45, 7) is 0. The molecule has 1 fully saturated rings. The number of hydrogen-bond acceptors (Lipinski definition) is 4. The molecule has 0 radical (unpaired) electrons. The Morgan fingerprint density at radius 3 is 2.73 bits per heavy atom. The first kappa shape index (κ1) is 10.2. The molecule has 1 heterocycles. The molecule has 1 saturated carbocycles. The molecular formula is C11H16N2O2. The Hall–Kier alpha value is -1.29. The summed E-state index contributed by atoms with van der Waals surface area (Å²) in [7, 11) is 0. The van der Waals surface area contributed by atoms with Gasteiger partial charge in [-0.1, -0.05) is 0 Å². The minimum absolute atomic E-state index is 0.144. The average Bonchev–Trinajstić information content (AvgIpc) is 2.25. The van der Waals surface area contributed by atoms with Gasteiger partial charge >= 0.3 is 0 Å². The molecule has 1 aromatic heterocycles. The third-order valence-corrected chi connectivity index (χ3v) is 2.72. The van der Waals surface area contributed by atoms with Gasteiger partial charge in [0.25, 0.3) is 0 Å². The molecule has 0 spiro atoms. The van der Waals surface area contributed by atoms with Crippen LogP contribution in [0.5, 0.6) is 5.88 Å². The lowest BCUT2D eigenvalue weighted by molar-refractivity contribution is 0.0648. The molecule has 0 saturated heterocycles. The van der Waals surface area contributed by atoms with Crippen molar-refractivity contribution >= 4 is 5.69 Å². The standard InChI is InChI=1S/C11H16N2O2/c12-10-2-1-7-13-11(10)15-9-5-3-8(14)4-6-9/h1-2,7-9,14H,3-6,12H2. The quantitative estimate of drug-likeness (QED) is 0.769. The molecule has 15 heavy (non-hydrogen) atoms. The van der Waals surface area contributed by atoms with Crippen molar-refractivity contribution in [3.05, 3.63) is 18.3 Å². The summed E-state index contributed by atoms with van der Waals surface area (Å²) >= 11 is 0. The molecule has 0 unspecified atom stereocenters. The molecule has 3 N–H and O–H groups in total. The molecule has 0 bridgehead atoms. The molecule has 1 aliphatic carbocycles. The van der Waals surface area contributed by atoms with Crippen molar-refractivity contribution in [3.63, 3.8) is 0 Å². The third-order valence-electron chi connectivity index (χ3n) is 2.72. The minimum Gasteiger partial charge on any atom is -0.473 e. The number of pyridine rings is 1. The lowest BCUT2D eigenvalue weighted by Crippen LogP contribution is -2.27. The van der Waals surface area contributed by atoms with E-state index in [1.54, 1.807) is 18.3 Å². The van der Waals surface area contributed by atoms with Crippen LogP contribution in [0.2, 0.25) is 0 Å². The van der Waals surface area contributed by atoms with Crippen LogP contribution in [0.25, 0.3) is 0 Å². The average molecular weight is 208 g/mol. The Morgan fingerprint density at radius 1 is 1.33 bits per heavy atom. The predicted molar refractivity (Wildman–Crippen MR) is 57.5 cm³/mol. The highest BCUT2D eigenvalue weighted by atomic mass is 16.5. The van der Waals surface area contributed by atoms with Crippen LogP contribution in [0.4, 0.5) is 5.69 Å². The van der Waals surface area contributed by atoms with Gasteiger partial charge in [0.2, 0.25) is 5.88 Å². The fourth-order valence-electron chi connectivity index (χ4n) is 1.82. The molecule has 4 heteroatoms. The summed E-state index contributed by atoms with van der Waals surface area (Å²) in [4.78, 5) is 4.08. The molecule has 2 rings (SSSR count). The van der Waals surface area contributed by atoms with Gasteiger partial charge in [0.05, 0.1) is 11.8 Å². The van der Waals surface area contributed by atoms with Crippen LogP contribution in [0.1, 0.15) is 25.7 Å². The number of nitrogens with two attached hydrogens (primary N) is 1. The van der Waals surface area contributed by atoms with E-state index in [1.165, 1.54) is 0 Å². The van der Waals surface area contributed by atoms with Crippen molar-refractivity contribution in [1.29, 1.82) is 0 Å². The summed E-state index contributed by atoms with van der Waals surface area (Å²) in [6, 6.07) is 3.56. The van der Waals surface area contributed by atoms with E-state index in [4.69, 9.17) is 10.5 Å². The van der Waals surface area contributed by atoms with E-state index in [1.807, 2.05) is 0 Å². The number of nitrogen functional groups attached to an aromatic ring is 1. The lowest BCUT2D eigenvalue weighted by Gasteiger charge is -2.25. The number of anilines is 1. The van der Waals surface area contributed by atoms with Crippen molar-refractivity contribution < 1.29 is 9.84 Å². The largest absolute Gasteiger partial charge is 0.473 e. The number of aromatic nitrogens is 1. The van der Waals surface area contributed by atoms with Gasteiger partial charge in [-0.3, -0.25) is 0 Å². The first-order valence-corrected chi connectivity index (χ1v) is 5.31.